The monoisotopic (exact) mass is 511 g/mol. The van der Waals surface area contributed by atoms with E-state index in [1.807, 2.05) is 67.6 Å². The van der Waals surface area contributed by atoms with Crippen LogP contribution in [0.4, 0.5) is 11.4 Å². The number of benzene rings is 4. The normalized spacial score (nSPS) is 12.0. The molecule has 0 aliphatic carbocycles. The number of sulfonamides is 1. The lowest BCUT2D eigenvalue weighted by Gasteiger charge is -2.10. The van der Waals surface area contributed by atoms with Crippen molar-refractivity contribution in [3.8, 4) is 11.6 Å². The molecule has 4 aromatic carbocycles. The average molecular weight is 512 g/mol. The minimum atomic E-state index is -3.87. The zero-order chi connectivity index (χ0) is 25.8. The van der Waals surface area contributed by atoms with Crippen molar-refractivity contribution in [2.75, 3.05) is 11.3 Å². The van der Waals surface area contributed by atoms with Crippen LogP contribution in [0, 0.1) is 0 Å². The highest BCUT2D eigenvalue weighted by molar-refractivity contribution is 7.92. The van der Waals surface area contributed by atoms with Gasteiger partial charge in [-0.3, -0.25) is 4.72 Å². The van der Waals surface area contributed by atoms with Crippen LogP contribution in [0.25, 0.3) is 10.9 Å². The minimum Gasteiger partial charge on any atom is -0.494 e. The molecular weight excluding hydrogens is 486 g/mol. The smallest absolute Gasteiger partial charge is 0.261 e. The summed E-state index contributed by atoms with van der Waals surface area (Å²) < 4.78 is 34.4. The summed E-state index contributed by atoms with van der Waals surface area (Å²) in [5.41, 5.74) is 3.38. The predicted octanol–water partition coefficient (Wildman–Crippen LogP) is 6.24. The number of aromatic nitrogens is 1. The van der Waals surface area contributed by atoms with Gasteiger partial charge in [-0.1, -0.05) is 48.5 Å². The summed E-state index contributed by atoms with van der Waals surface area (Å²) in [6, 6.07) is 30.1. The third-order valence-corrected chi connectivity index (χ3v) is 7.14. The first-order chi connectivity index (χ1) is 17.9. The molecule has 0 bridgehead atoms. The molecule has 7 nitrogen and oxygen atoms in total. The van der Waals surface area contributed by atoms with Gasteiger partial charge in [-0.25, -0.2) is 13.4 Å². The molecule has 0 spiro atoms. The Labute approximate surface area is 215 Å². The SMILES string of the molecule is CCOc1ccc(N=C(c2ccccc2)c2c(O)[nH]c3ccc(S(=O)(=O)Nc4ccccc4)cc23)cc1. The van der Waals surface area contributed by atoms with E-state index in [0.717, 1.165) is 11.3 Å². The Morgan fingerprint density at radius 2 is 1.59 bits per heavy atom. The predicted molar refractivity (Wildman–Crippen MR) is 147 cm³/mol. The molecule has 186 valence electrons. The van der Waals surface area contributed by atoms with E-state index < -0.39 is 10.0 Å². The number of H-pyrrole nitrogens is 1. The van der Waals surface area contributed by atoms with Crippen molar-refractivity contribution < 1.29 is 18.3 Å². The van der Waals surface area contributed by atoms with Gasteiger partial charge in [0.25, 0.3) is 10.0 Å². The van der Waals surface area contributed by atoms with E-state index in [9.17, 15) is 13.5 Å². The molecule has 0 saturated carbocycles. The fourth-order valence-electron chi connectivity index (χ4n) is 4.06. The van der Waals surface area contributed by atoms with Crippen molar-refractivity contribution in [3.05, 3.63) is 114 Å². The summed E-state index contributed by atoms with van der Waals surface area (Å²) in [5, 5.41) is 11.5. The van der Waals surface area contributed by atoms with E-state index in [-0.39, 0.29) is 10.8 Å². The highest BCUT2D eigenvalue weighted by Gasteiger charge is 2.22. The molecule has 8 heteroatoms. The van der Waals surface area contributed by atoms with E-state index in [1.165, 1.54) is 6.07 Å². The number of anilines is 1. The number of para-hydroxylation sites is 1. The number of aliphatic imine (C=N–C) groups is 1. The number of aromatic hydroxyl groups is 1. The Bertz CT molecular complexity index is 1660. The van der Waals surface area contributed by atoms with E-state index in [2.05, 4.69) is 9.71 Å². The Balaban J connectivity index is 1.64. The lowest BCUT2D eigenvalue weighted by molar-refractivity contribution is 0.340. The van der Waals surface area contributed by atoms with Crippen LogP contribution >= 0.6 is 0 Å². The summed E-state index contributed by atoms with van der Waals surface area (Å²) in [6.07, 6.45) is 0. The van der Waals surface area contributed by atoms with Gasteiger partial charge in [0.15, 0.2) is 5.88 Å². The summed E-state index contributed by atoms with van der Waals surface area (Å²) in [7, 11) is -3.87. The van der Waals surface area contributed by atoms with Crippen molar-refractivity contribution in [1.82, 2.24) is 4.98 Å². The number of nitrogens with zero attached hydrogens (tertiary/aromatic N) is 1. The Hall–Kier alpha value is -4.56. The Morgan fingerprint density at radius 1 is 0.919 bits per heavy atom. The zero-order valence-corrected chi connectivity index (χ0v) is 20.9. The van der Waals surface area contributed by atoms with Crippen LogP contribution in [0.2, 0.25) is 0 Å². The van der Waals surface area contributed by atoms with Crippen LogP contribution < -0.4 is 9.46 Å². The molecule has 5 rings (SSSR count). The Kier molecular flexibility index (Phi) is 6.66. The number of aromatic amines is 1. The van der Waals surface area contributed by atoms with Gasteiger partial charge < -0.3 is 14.8 Å². The molecule has 1 heterocycles. The van der Waals surface area contributed by atoms with Gasteiger partial charge >= 0.3 is 0 Å². The maximum atomic E-state index is 13.2. The highest BCUT2D eigenvalue weighted by atomic mass is 32.2. The average Bonchev–Trinajstić information content (AvgIpc) is 3.24. The van der Waals surface area contributed by atoms with Gasteiger partial charge in [0.1, 0.15) is 5.75 Å². The molecule has 0 unspecified atom stereocenters. The van der Waals surface area contributed by atoms with Crippen LogP contribution in [-0.4, -0.2) is 30.8 Å². The summed E-state index contributed by atoms with van der Waals surface area (Å²) in [6.45, 7) is 2.48. The maximum Gasteiger partial charge on any atom is 0.261 e. The second kappa shape index (κ2) is 10.2. The zero-order valence-electron chi connectivity index (χ0n) is 20.0. The van der Waals surface area contributed by atoms with Crippen LogP contribution in [0.15, 0.2) is 113 Å². The van der Waals surface area contributed by atoms with Gasteiger partial charge in [0, 0.05) is 22.2 Å². The first-order valence-electron chi connectivity index (χ1n) is 11.7. The first kappa shape index (κ1) is 24.1. The van der Waals surface area contributed by atoms with Crippen molar-refractivity contribution >= 4 is 38.0 Å². The van der Waals surface area contributed by atoms with Gasteiger partial charge in [-0.15, -0.1) is 0 Å². The molecule has 0 amide bonds. The van der Waals surface area contributed by atoms with Crippen molar-refractivity contribution in [1.29, 1.82) is 0 Å². The van der Waals surface area contributed by atoms with Crippen LogP contribution in [-0.2, 0) is 10.0 Å². The largest absolute Gasteiger partial charge is 0.494 e. The Morgan fingerprint density at radius 3 is 2.27 bits per heavy atom. The molecule has 0 saturated heterocycles. The second-order valence-electron chi connectivity index (χ2n) is 8.28. The molecule has 0 radical (unpaired) electrons. The van der Waals surface area contributed by atoms with E-state index in [1.54, 1.807) is 36.4 Å². The van der Waals surface area contributed by atoms with Crippen LogP contribution in [0.1, 0.15) is 18.1 Å². The number of fused-ring (bicyclic) bond motifs is 1. The van der Waals surface area contributed by atoms with Gasteiger partial charge in [0.2, 0.25) is 0 Å². The number of ether oxygens (including phenoxy) is 1. The molecule has 0 atom stereocenters. The summed E-state index contributed by atoms with van der Waals surface area (Å²) in [5.74, 6) is 0.632. The molecule has 5 aromatic rings. The summed E-state index contributed by atoms with van der Waals surface area (Å²) >= 11 is 0. The van der Waals surface area contributed by atoms with Crippen molar-refractivity contribution in [3.63, 3.8) is 0 Å². The van der Waals surface area contributed by atoms with Gasteiger partial charge in [0.05, 0.1) is 28.5 Å². The number of nitrogens with one attached hydrogen (secondary N) is 2. The third kappa shape index (κ3) is 5.19. The number of hydrogen-bond donors (Lipinski definition) is 3. The lowest BCUT2D eigenvalue weighted by atomic mass is 10.0. The number of rotatable bonds is 8. The van der Waals surface area contributed by atoms with Crippen LogP contribution in [0.3, 0.4) is 0 Å². The topological polar surface area (TPSA) is 104 Å². The van der Waals surface area contributed by atoms with E-state index >= 15 is 0 Å². The summed E-state index contributed by atoms with van der Waals surface area (Å²) in [4.78, 5) is 7.88. The molecule has 0 aliphatic heterocycles. The van der Waals surface area contributed by atoms with Crippen molar-refractivity contribution in [2.45, 2.75) is 11.8 Å². The van der Waals surface area contributed by atoms with Gasteiger partial charge in [-0.05, 0) is 61.5 Å². The molecule has 0 fully saturated rings. The quantitative estimate of drug-likeness (QED) is 0.214. The fraction of sp³-hybridized carbons (Fsp3) is 0.0690. The number of hydrogen-bond acceptors (Lipinski definition) is 5. The van der Waals surface area contributed by atoms with Crippen molar-refractivity contribution in [2.24, 2.45) is 4.99 Å². The standard InChI is InChI=1S/C29H25N3O4S/c1-2-36-23-15-13-21(14-16-23)30-28(20-9-5-3-6-10-20)27-25-19-24(17-18-26(25)31-29(27)33)37(34,35)32-22-11-7-4-8-12-22/h3-19,31-33H,2H2,1H3. The van der Waals surface area contributed by atoms with E-state index in [4.69, 9.17) is 9.73 Å². The molecule has 1 aromatic heterocycles. The lowest BCUT2D eigenvalue weighted by Crippen LogP contribution is -2.12. The van der Waals surface area contributed by atoms with Gasteiger partial charge in [-0.2, -0.15) is 0 Å². The first-order valence-corrected chi connectivity index (χ1v) is 13.2. The molecule has 37 heavy (non-hydrogen) atoms. The fourth-order valence-corrected chi connectivity index (χ4v) is 5.14. The van der Waals surface area contributed by atoms with E-state index in [0.29, 0.717) is 40.2 Å². The minimum absolute atomic E-state index is 0.0672. The maximum absolute atomic E-state index is 13.2. The molecule has 0 aliphatic rings. The third-order valence-electron chi connectivity index (χ3n) is 5.76. The molecule has 3 N–H and O–H groups in total. The molecular formula is C29H25N3O4S. The second-order valence-corrected chi connectivity index (χ2v) is 9.96. The highest BCUT2D eigenvalue weighted by Crippen LogP contribution is 2.33. The van der Waals surface area contributed by atoms with Crippen LogP contribution in [0.5, 0.6) is 11.6 Å².